The maximum Gasteiger partial charge on any atom is 0.226 e. The van der Waals surface area contributed by atoms with E-state index >= 15 is 0 Å². The van der Waals surface area contributed by atoms with Gasteiger partial charge in [-0.25, -0.2) is 0 Å². The van der Waals surface area contributed by atoms with Gasteiger partial charge in [0.25, 0.3) is 0 Å². The molecule has 0 saturated carbocycles. The van der Waals surface area contributed by atoms with Crippen LogP contribution in [-0.4, -0.2) is 10.9 Å². The van der Waals surface area contributed by atoms with Crippen LogP contribution in [0.2, 0.25) is 0 Å². The molecule has 3 heteroatoms. The van der Waals surface area contributed by atoms with Crippen LogP contribution in [0.15, 0.2) is 24.4 Å². The van der Waals surface area contributed by atoms with Crippen molar-refractivity contribution in [3.8, 4) is 0 Å². The second kappa shape index (κ2) is 14.6. The fourth-order valence-corrected chi connectivity index (χ4v) is 3.62. The van der Waals surface area contributed by atoms with Gasteiger partial charge in [0.05, 0.1) is 11.7 Å². The second-order valence-corrected chi connectivity index (χ2v) is 8.97. The fraction of sp³-hybridized carbons (Fsp3) is 0.760. The third-order valence-corrected chi connectivity index (χ3v) is 5.75. The fourth-order valence-electron chi connectivity index (χ4n) is 3.62. The summed E-state index contributed by atoms with van der Waals surface area (Å²) in [7, 11) is 0. The molecule has 1 N–H and O–H groups in total. The van der Waals surface area contributed by atoms with Gasteiger partial charge in [-0.05, 0) is 25.5 Å². The average molecular weight is 389 g/mol. The molecule has 0 aliphatic carbocycles. The van der Waals surface area contributed by atoms with E-state index < -0.39 is 0 Å². The third kappa shape index (κ3) is 10.8. The molecular formula is C25H44N2O. The number of pyridine rings is 1. The van der Waals surface area contributed by atoms with Crippen molar-refractivity contribution in [3.63, 3.8) is 0 Å². The lowest BCUT2D eigenvalue weighted by Gasteiger charge is -2.26. The van der Waals surface area contributed by atoms with Crippen LogP contribution in [-0.2, 0) is 4.79 Å². The van der Waals surface area contributed by atoms with Crippen LogP contribution < -0.4 is 5.32 Å². The summed E-state index contributed by atoms with van der Waals surface area (Å²) < 4.78 is 0. The van der Waals surface area contributed by atoms with Gasteiger partial charge >= 0.3 is 0 Å². The number of aromatic nitrogens is 1. The topological polar surface area (TPSA) is 42.0 Å². The maximum atomic E-state index is 12.6. The first kappa shape index (κ1) is 24.7. The smallest absolute Gasteiger partial charge is 0.226 e. The van der Waals surface area contributed by atoms with Crippen LogP contribution in [0.5, 0.6) is 0 Å². The number of nitrogens with one attached hydrogen (secondary N) is 1. The van der Waals surface area contributed by atoms with Crippen LogP contribution in [0.1, 0.15) is 123 Å². The SMILES string of the molecule is CCCCCCCCCCCCCCC(C)(C)C(=O)NC(C)c1ccccn1. The van der Waals surface area contributed by atoms with E-state index in [2.05, 4.69) is 31.1 Å². The van der Waals surface area contributed by atoms with Gasteiger partial charge in [-0.3, -0.25) is 9.78 Å². The molecule has 0 saturated heterocycles. The zero-order valence-corrected chi connectivity index (χ0v) is 18.9. The first-order chi connectivity index (χ1) is 13.5. The van der Waals surface area contributed by atoms with E-state index in [-0.39, 0.29) is 17.4 Å². The lowest BCUT2D eigenvalue weighted by molar-refractivity contribution is -0.130. The van der Waals surface area contributed by atoms with Crippen molar-refractivity contribution >= 4 is 5.91 Å². The highest BCUT2D eigenvalue weighted by molar-refractivity contribution is 5.82. The predicted octanol–water partition coefficient (Wildman–Crippen LogP) is 7.38. The Morgan fingerprint density at radius 3 is 1.96 bits per heavy atom. The summed E-state index contributed by atoms with van der Waals surface area (Å²) in [6.45, 7) is 8.40. The number of amides is 1. The molecule has 0 aliphatic rings. The third-order valence-electron chi connectivity index (χ3n) is 5.75. The average Bonchev–Trinajstić information content (AvgIpc) is 2.69. The number of carbonyl (C=O) groups excluding carboxylic acids is 1. The van der Waals surface area contributed by atoms with Crippen molar-refractivity contribution in [1.29, 1.82) is 0 Å². The van der Waals surface area contributed by atoms with E-state index in [9.17, 15) is 4.79 Å². The Balaban J connectivity index is 2.08. The molecule has 1 heterocycles. The van der Waals surface area contributed by atoms with Crippen molar-refractivity contribution in [3.05, 3.63) is 30.1 Å². The van der Waals surface area contributed by atoms with Gasteiger partial charge in [-0.15, -0.1) is 0 Å². The quantitative estimate of drug-likeness (QED) is 0.300. The molecule has 0 bridgehead atoms. The van der Waals surface area contributed by atoms with E-state index in [0.717, 1.165) is 18.5 Å². The molecule has 0 aliphatic heterocycles. The Morgan fingerprint density at radius 2 is 1.46 bits per heavy atom. The summed E-state index contributed by atoms with van der Waals surface area (Å²) >= 11 is 0. The second-order valence-electron chi connectivity index (χ2n) is 8.97. The van der Waals surface area contributed by atoms with Crippen molar-refractivity contribution in [2.75, 3.05) is 0 Å². The van der Waals surface area contributed by atoms with E-state index in [0.29, 0.717) is 0 Å². The summed E-state index contributed by atoms with van der Waals surface area (Å²) in [6.07, 6.45) is 18.9. The lowest BCUT2D eigenvalue weighted by atomic mass is 9.85. The number of hydrogen-bond acceptors (Lipinski definition) is 2. The van der Waals surface area contributed by atoms with E-state index in [1.54, 1.807) is 6.20 Å². The molecule has 0 aromatic carbocycles. The number of nitrogens with zero attached hydrogens (tertiary/aromatic N) is 1. The Morgan fingerprint density at radius 1 is 0.929 bits per heavy atom. The summed E-state index contributed by atoms with van der Waals surface area (Å²) in [4.78, 5) is 17.0. The van der Waals surface area contributed by atoms with Gasteiger partial charge in [0.2, 0.25) is 5.91 Å². The first-order valence-corrected chi connectivity index (χ1v) is 11.7. The predicted molar refractivity (Wildman–Crippen MR) is 120 cm³/mol. The van der Waals surface area contributed by atoms with Gasteiger partial charge in [0.1, 0.15) is 0 Å². The monoisotopic (exact) mass is 388 g/mol. The summed E-state index contributed by atoms with van der Waals surface area (Å²) in [5, 5.41) is 3.13. The first-order valence-electron chi connectivity index (χ1n) is 11.7. The Hall–Kier alpha value is -1.38. The lowest BCUT2D eigenvalue weighted by Crippen LogP contribution is -2.38. The molecule has 1 unspecified atom stereocenters. The van der Waals surface area contributed by atoms with Crippen LogP contribution in [0.25, 0.3) is 0 Å². The minimum Gasteiger partial charge on any atom is -0.348 e. The maximum absolute atomic E-state index is 12.6. The molecule has 1 rings (SSSR count). The van der Waals surface area contributed by atoms with E-state index in [1.165, 1.54) is 70.6 Å². The number of carbonyl (C=O) groups is 1. The van der Waals surface area contributed by atoms with Crippen LogP contribution >= 0.6 is 0 Å². The highest BCUT2D eigenvalue weighted by Gasteiger charge is 2.28. The van der Waals surface area contributed by atoms with Crippen LogP contribution in [0.3, 0.4) is 0 Å². The van der Waals surface area contributed by atoms with Crippen LogP contribution in [0.4, 0.5) is 0 Å². The molecule has 28 heavy (non-hydrogen) atoms. The summed E-state index contributed by atoms with van der Waals surface area (Å²) in [5.74, 6) is 0.133. The summed E-state index contributed by atoms with van der Waals surface area (Å²) in [6, 6.07) is 5.77. The van der Waals surface area contributed by atoms with E-state index in [4.69, 9.17) is 0 Å². The number of hydrogen-bond donors (Lipinski definition) is 1. The van der Waals surface area contributed by atoms with Gasteiger partial charge < -0.3 is 5.32 Å². The highest BCUT2D eigenvalue weighted by atomic mass is 16.2. The van der Waals surface area contributed by atoms with E-state index in [1.807, 2.05) is 25.1 Å². The minimum absolute atomic E-state index is 0.0463. The molecule has 3 nitrogen and oxygen atoms in total. The standard InChI is InChI=1S/C25H44N2O/c1-5-6-7-8-9-10-11-12-13-14-15-17-20-25(3,4)24(28)27-22(2)23-19-16-18-21-26-23/h16,18-19,21-22H,5-15,17,20H2,1-4H3,(H,27,28). The largest absolute Gasteiger partial charge is 0.348 e. The Labute approximate surface area is 174 Å². The van der Waals surface area contributed by atoms with Gasteiger partial charge in [-0.2, -0.15) is 0 Å². The molecule has 160 valence electrons. The minimum atomic E-state index is -0.318. The van der Waals surface area contributed by atoms with Gasteiger partial charge in [0, 0.05) is 11.6 Å². The van der Waals surface area contributed by atoms with Gasteiger partial charge in [-0.1, -0.05) is 104 Å². The van der Waals surface area contributed by atoms with Crippen molar-refractivity contribution < 1.29 is 4.79 Å². The Bertz CT molecular complexity index is 513. The molecule has 0 spiro atoms. The Kier molecular flexibility index (Phi) is 12.9. The van der Waals surface area contributed by atoms with Crippen molar-refractivity contribution in [2.45, 2.75) is 117 Å². The molecule has 1 atom stereocenters. The zero-order valence-electron chi connectivity index (χ0n) is 18.9. The molecular weight excluding hydrogens is 344 g/mol. The number of unbranched alkanes of at least 4 members (excludes halogenated alkanes) is 11. The number of rotatable bonds is 16. The normalized spacial score (nSPS) is 12.7. The van der Waals surface area contributed by atoms with Gasteiger partial charge in [0.15, 0.2) is 0 Å². The molecule has 1 aromatic rings. The molecule has 1 aromatic heterocycles. The zero-order chi connectivity index (χ0) is 20.7. The van der Waals surface area contributed by atoms with Crippen molar-refractivity contribution in [1.82, 2.24) is 10.3 Å². The van der Waals surface area contributed by atoms with Crippen molar-refractivity contribution in [2.24, 2.45) is 5.41 Å². The molecule has 0 radical (unpaired) electrons. The van der Waals surface area contributed by atoms with Crippen LogP contribution in [0, 0.1) is 5.41 Å². The molecule has 1 amide bonds. The summed E-state index contributed by atoms with van der Waals surface area (Å²) in [5.41, 5.74) is 0.596. The molecule has 0 fully saturated rings. The highest BCUT2D eigenvalue weighted by Crippen LogP contribution is 2.26.